The number of hydrazone groups is 1. The van der Waals surface area contributed by atoms with Gasteiger partial charge in [-0.05, 0) is 24.3 Å². The Hall–Kier alpha value is -3.72. The Bertz CT molecular complexity index is 1140. The highest BCUT2D eigenvalue weighted by Gasteiger charge is 2.35. The van der Waals surface area contributed by atoms with Gasteiger partial charge >= 0.3 is 0 Å². The second-order valence-electron chi connectivity index (χ2n) is 6.07. The van der Waals surface area contributed by atoms with E-state index in [1.165, 1.54) is 31.3 Å². The summed E-state index contributed by atoms with van der Waals surface area (Å²) < 4.78 is 14.1. The van der Waals surface area contributed by atoms with Crippen LogP contribution in [0.1, 0.15) is 33.3 Å². The first-order valence-electron chi connectivity index (χ1n) is 8.50. The number of aromatic nitrogens is 1. The van der Waals surface area contributed by atoms with Gasteiger partial charge in [0.15, 0.2) is 5.13 Å². The summed E-state index contributed by atoms with van der Waals surface area (Å²) in [6.45, 7) is 1.31. The van der Waals surface area contributed by atoms with Gasteiger partial charge < -0.3 is 0 Å². The number of halogens is 1. The van der Waals surface area contributed by atoms with Crippen molar-refractivity contribution >= 4 is 46.1 Å². The number of para-hydroxylation sites is 1. The number of imide groups is 1. The Balaban J connectivity index is 1.60. The fourth-order valence-electron chi connectivity index (χ4n) is 2.88. The maximum absolute atomic E-state index is 14.1. The molecular weight excluding hydrogens is 395 g/mol. The smallest absolute Gasteiger partial charge is 0.274 e. The van der Waals surface area contributed by atoms with E-state index in [4.69, 9.17) is 0 Å². The van der Waals surface area contributed by atoms with Crippen LogP contribution in [0.25, 0.3) is 0 Å². The molecule has 3 amide bonds. The standard InChI is InChI=1S/C20H13FN4O3S/c1-12(26)24(17-9-5-4-8-16(17)21)20-23-13(11-29-20)10-22-25-18(27)14-6-2-3-7-15(14)19(25)28/h2-11H,1H3/b22-10-. The molecule has 29 heavy (non-hydrogen) atoms. The zero-order valence-corrected chi connectivity index (χ0v) is 15.9. The molecule has 0 atom stereocenters. The molecule has 0 saturated heterocycles. The van der Waals surface area contributed by atoms with Crippen molar-refractivity contribution < 1.29 is 18.8 Å². The molecule has 0 bridgehead atoms. The van der Waals surface area contributed by atoms with Crippen LogP contribution in [-0.2, 0) is 4.79 Å². The minimum Gasteiger partial charge on any atom is -0.274 e. The highest BCUT2D eigenvalue weighted by molar-refractivity contribution is 7.14. The van der Waals surface area contributed by atoms with E-state index in [0.29, 0.717) is 5.69 Å². The maximum atomic E-state index is 14.1. The van der Waals surface area contributed by atoms with E-state index in [1.807, 2.05) is 0 Å². The largest absolute Gasteiger partial charge is 0.282 e. The minimum atomic E-state index is -0.556. The van der Waals surface area contributed by atoms with E-state index in [9.17, 15) is 18.8 Å². The molecule has 0 fully saturated rings. The third-order valence-electron chi connectivity index (χ3n) is 4.19. The molecule has 1 aromatic heterocycles. The summed E-state index contributed by atoms with van der Waals surface area (Å²) in [5, 5.41) is 6.55. The SMILES string of the molecule is CC(=O)N(c1nc(/C=N\N2C(=O)c3ccccc3C2=O)cs1)c1ccccc1F. The number of benzene rings is 2. The summed E-state index contributed by atoms with van der Waals surface area (Å²) in [6, 6.07) is 12.3. The lowest BCUT2D eigenvalue weighted by Gasteiger charge is -2.18. The molecule has 0 aliphatic carbocycles. The van der Waals surface area contributed by atoms with Gasteiger partial charge in [-0.25, -0.2) is 9.37 Å². The van der Waals surface area contributed by atoms with Gasteiger partial charge in [-0.1, -0.05) is 24.3 Å². The lowest BCUT2D eigenvalue weighted by molar-refractivity contribution is -0.115. The van der Waals surface area contributed by atoms with Crippen molar-refractivity contribution in [1.82, 2.24) is 9.99 Å². The van der Waals surface area contributed by atoms with E-state index in [-0.39, 0.29) is 21.9 Å². The molecular formula is C20H13FN4O3S. The predicted molar refractivity (Wildman–Crippen MR) is 106 cm³/mol. The number of nitrogens with zero attached hydrogens (tertiary/aromatic N) is 4. The average Bonchev–Trinajstić information content (AvgIpc) is 3.26. The van der Waals surface area contributed by atoms with E-state index in [1.54, 1.807) is 35.7 Å². The van der Waals surface area contributed by atoms with Crippen molar-refractivity contribution in [2.24, 2.45) is 5.10 Å². The molecule has 3 aromatic rings. The number of rotatable bonds is 4. The van der Waals surface area contributed by atoms with Gasteiger partial charge in [0.1, 0.15) is 5.82 Å². The van der Waals surface area contributed by atoms with E-state index in [0.717, 1.165) is 21.2 Å². The highest BCUT2D eigenvalue weighted by Crippen LogP contribution is 2.30. The summed E-state index contributed by atoms with van der Waals surface area (Å²) in [4.78, 5) is 42.2. The number of amides is 3. The van der Waals surface area contributed by atoms with Crippen molar-refractivity contribution in [2.75, 3.05) is 4.90 Å². The van der Waals surface area contributed by atoms with E-state index in [2.05, 4.69) is 10.1 Å². The maximum Gasteiger partial charge on any atom is 0.282 e. The van der Waals surface area contributed by atoms with Gasteiger partial charge in [-0.3, -0.25) is 19.3 Å². The van der Waals surface area contributed by atoms with Crippen molar-refractivity contribution in [3.8, 4) is 0 Å². The molecule has 2 aromatic carbocycles. The van der Waals surface area contributed by atoms with E-state index < -0.39 is 23.5 Å². The third-order valence-corrected chi connectivity index (χ3v) is 5.03. The van der Waals surface area contributed by atoms with Crippen LogP contribution in [-0.4, -0.2) is 33.9 Å². The molecule has 2 heterocycles. The van der Waals surface area contributed by atoms with Crippen LogP contribution in [0.5, 0.6) is 0 Å². The quantitative estimate of drug-likeness (QED) is 0.488. The van der Waals surface area contributed by atoms with Crippen LogP contribution in [0.15, 0.2) is 59.0 Å². The average molecular weight is 408 g/mol. The minimum absolute atomic E-state index is 0.0817. The van der Waals surface area contributed by atoms with Crippen LogP contribution >= 0.6 is 11.3 Å². The normalized spacial score (nSPS) is 13.2. The third kappa shape index (κ3) is 3.32. The molecule has 0 saturated carbocycles. The summed E-state index contributed by atoms with van der Waals surface area (Å²) in [7, 11) is 0. The lowest BCUT2D eigenvalue weighted by atomic mass is 10.1. The first-order valence-corrected chi connectivity index (χ1v) is 9.38. The van der Waals surface area contributed by atoms with Crippen LogP contribution in [0.4, 0.5) is 15.2 Å². The van der Waals surface area contributed by atoms with Crippen LogP contribution in [0, 0.1) is 5.82 Å². The number of carbonyl (C=O) groups excluding carboxylic acids is 3. The van der Waals surface area contributed by atoms with Crippen molar-refractivity contribution in [3.63, 3.8) is 0 Å². The summed E-state index contributed by atoms with van der Waals surface area (Å²) in [5.74, 6) is -2.00. The van der Waals surface area contributed by atoms with Crippen molar-refractivity contribution in [1.29, 1.82) is 0 Å². The van der Waals surface area contributed by atoms with E-state index >= 15 is 0 Å². The highest BCUT2D eigenvalue weighted by atomic mass is 32.1. The number of carbonyl (C=O) groups is 3. The second kappa shape index (κ2) is 7.36. The molecule has 1 aliphatic rings. The summed E-state index contributed by atoms with van der Waals surface area (Å²) >= 11 is 1.11. The Morgan fingerprint density at radius 2 is 1.72 bits per heavy atom. The van der Waals surface area contributed by atoms with Gasteiger partial charge in [0.25, 0.3) is 11.8 Å². The van der Waals surface area contributed by atoms with Gasteiger partial charge in [0.05, 0.1) is 28.7 Å². The van der Waals surface area contributed by atoms with Crippen LogP contribution in [0.3, 0.4) is 0 Å². The fourth-order valence-corrected chi connectivity index (χ4v) is 3.71. The van der Waals surface area contributed by atoms with Gasteiger partial charge in [0.2, 0.25) is 5.91 Å². The molecule has 0 spiro atoms. The molecule has 0 N–H and O–H groups in total. The molecule has 0 unspecified atom stereocenters. The Morgan fingerprint density at radius 1 is 1.10 bits per heavy atom. The monoisotopic (exact) mass is 408 g/mol. The Kier molecular flexibility index (Phi) is 4.73. The lowest BCUT2D eigenvalue weighted by Crippen LogP contribution is -2.24. The molecule has 0 radical (unpaired) electrons. The zero-order chi connectivity index (χ0) is 20.5. The Labute approximate surface area is 168 Å². The number of anilines is 2. The molecule has 1 aliphatic heterocycles. The van der Waals surface area contributed by atoms with Crippen LogP contribution in [0.2, 0.25) is 0 Å². The number of hydrogen-bond donors (Lipinski definition) is 0. The van der Waals surface area contributed by atoms with Crippen LogP contribution < -0.4 is 4.90 Å². The van der Waals surface area contributed by atoms with Gasteiger partial charge in [-0.15, -0.1) is 11.3 Å². The second-order valence-corrected chi connectivity index (χ2v) is 6.91. The summed E-state index contributed by atoms with van der Waals surface area (Å²) in [5.41, 5.74) is 0.981. The fraction of sp³-hybridized carbons (Fsp3) is 0.0500. The molecule has 9 heteroatoms. The van der Waals surface area contributed by atoms with Crippen molar-refractivity contribution in [3.05, 3.63) is 76.5 Å². The number of thiazole rings is 1. The summed E-state index contributed by atoms with van der Waals surface area (Å²) in [6.07, 6.45) is 1.25. The Morgan fingerprint density at radius 3 is 2.34 bits per heavy atom. The molecule has 144 valence electrons. The number of fused-ring (bicyclic) bond motifs is 1. The first kappa shape index (κ1) is 18.6. The predicted octanol–water partition coefficient (Wildman–Crippen LogP) is 3.60. The topological polar surface area (TPSA) is 82.9 Å². The molecule has 7 nitrogen and oxygen atoms in total. The first-order chi connectivity index (χ1) is 14.0. The number of hydrogen-bond acceptors (Lipinski definition) is 6. The van der Waals surface area contributed by atoms with Gasteiger partial charge in [0, 0.05) is 12.3 Å². The molecule has 4 rings (SSSR count). The van der Waals surface area contributed by atoms with Crippen molar-refractivity contribution in [2.45, 2.75) is 6.92 Å². The van der Waals surface area contributed by atoms with Gasteiger partial charge in [-0.2, -0.15) is 10.1 Å². The zero-order valence-electron chi connectivity index (χ0n) is 15.1.